The first-order valence-corrected chi connectivity index (χ1v) is 8.44. The van der Waals surface area contributed by atoms with E-state index in [1.807, 2.05) is 18.2 Å². The molecule has 0 amide bonds. The summed E-state index contributed by atoms with van der Waals surface area (Å²) in [5.74, 6) is 1.88. The van der Waals surface area contributed by atoms with Crippen molar-refractivity contribution in [3.8, 4) is 0 Å². The maximum atomic E-state index is 6.31. The fourth-order valence-electron chi connectivity index (χ4n) is 5.10. The molecular formula is C19H28O3. The van der Waals surface area contributed by atoms with Gasteiger partial charge in [0.2, 0.25) is 0 Å². The van der Waals surface area contributed by atoms with Crippen LogP contribution in [0.2, 0.25) is 0 Å². The van der Waals surface area contributed by atoms with E-state index in [0.29, 0.717) is 49.8 Å². The van der Waals surface area contributed by atoms with Gasteiger partial charge in [0, 0.05) is 6.42 Å². The van der Waals surface area contributed by atoms with Crippen LogP contribution in [-0.4, -0.2) is 37.6 Å². The van der Waals surface area contributed by atoms with Crippen molar-refractivity contribution in [2.75, 3.05) is 19.8 Å². The summed E-state index contributed by atoms with van der Waals surface area (Å²) in [5.41, 5.74) is -0.0261. The van der Waals surface area contributed by atoms with E-state index in [1.165, 1.54) is 0 Å². The van der Waals surface area contributed by atoms with Crippen molar-refractivity contribution in [1.82, 2.24) is 0 Å². The molecule has 6 unspecified atom stereocenters. The molecular weight excluding hydrogens is 276 g/mol. The van der Waals surface area contributed by atoms with Crippen LogP contribution >= 0.6 is 0 Å². The lowest BCUT2D eigenvalue weighted by Crippen LogP contribution is -2.42. The Balaban J connectivity index is 1.72. The van der Waals surface area contributed by atoms with Gasteiger partial charge in [-0.25, -0.2) is 0 Å². The van der Waals surface area contributed by atoms with Crippen LogP contribution in [0.5, 0.6) is 0 Å². The Morgan fingerprint density at radius 1 is 0.864 bits per heavy atom. The minimum atomic E-state index is -0.0261. The normalized spacial score (nSPS) is 42.3. The molecule has 0 N–H and O–H groups in total. The van der Waals surface area contributed by atoms with E-state index in [-0.39, 0.29) is 5.60 Å². The molecule has 3 fully saturated rings. The van der Waals surface area contributed by atoms with Crippen LogP contribution < -0.4 is 0 Å². The number of ether oxygens (including phenoxy) is 3. The highest BCUT2D eigenvalue weighted by Gasteiger charge is 2.65. The summed E-state index contributed by atoms with van der Waals surface area (Å²) >= 11 is 0. The highest BCUT2D eigenvalue weighted by atomic mass is 16.5. The monoisotopic (exact) mass is 304 g/mol. The molecule has 2 bridgehead atoms. The molecule has 0 spiro atoms. The van der Waals surface area contributed by atoms with Gasteiger partial charge in [0.1, 0.15) is 0 Å². The van der Waals surface area contributed by atoms with E-state index in [0.717, 1.165) is 25.7 Å². The lowest BCUT2D eigenvalue weighted by Gasteiger charge is -2.38. The predicted octanol–water partition coefficient (Wildman–Crippen LogP) is 3.52. The van der Waals surface area contributed by atoms with Crippen molar-refractivity contribution in [3.05, 3.63) is 38.0 Å². The molecule has 3 saturated carbocycles. The van der Waals surface area contributed by atoms with Gasteiger partial charge in [-0.05, 0) is 37.0 Å². The molecule has 122 valence electrons. The average Bonchev–Trinajstić information content (AvgIpc) is 3.18. The molecule has 0 aromatic carbocycles. The first-order chi connectivity index (χ1) is 10.7. The molecule has 0 aromatic rings. The Morgan fingerprint density at radius 3 is 2.32 bits per heavy atom. The summed E-state index contributed by atoms with van der Waals surface area (Å²) in [7, 11) is 0. The molecule has 0 aromatic heterocycles. The highest BCUT2D eigenvalue weighted by Crippen LogP contribution is 2.63. The van der Waals surface area contributed by atoms with Gasteiger partial charge in [-0.15, -0.1) is 19.7 Å². The van der Waals surface area contributed by atoms with Crippen LogP contribution in [0.25, 0.3) is 0 Å². The molecule has 0 radical (unpaired) electrons. The summed E-state index contributed by atoms with van der Waals surface area (Å²) in [6.45, 7) is 13.2. The lowest BCUT2D eigenvalue weighted by atomic mass is 9.78. The fourth-order valence-corrected chi connectivity index (χ4v) is 5.10. The molecule has 3 rings (SSSR count). The molecule has 22 heavy (non-hydrogen) atoms. The van der Waals surface area contributed by atoms with Crippen molar-refractivity contribution in [2.45, 2.75) is 43.5 Å². The smallest absolute Gasteiger partial charge is 0.0747 e. The van der Waals surface area contributed by atoms with Crippen LogP contribution in [0, 0.1) is 17.8 Å². The maximum absolute atomic E-state index is 6.31. The zero-order valence-electron chi connectivity index (χ0n) is 13.4. The van der Waals surface area contributed by atoms with E-state index in [1.54, 1.807) is 0 Å². The third kappa shape index (κ3) is 2.70. The van der Waals surface area contributed by atoms with E-state index in [2.05, 4.69) is 19.7 Å². The molecule has 0 saturated heterocycles. The third-order valence-electron chi connectivity index (χ3n) is 5.77. The van der Waals surface area contributed by atoms with Crippen molar-refractivity contribution in [3.63, 3.8) is 0 Å². The van der Waals surface area contributed by atoms with Crippen molar-refractivity contribution in [2.24, 2.45) is 17.8 Å². The summed E-state index contributed by atoms with van der Waals surface area (Å²) in [4.78, 5) is 0. The molecule has 3 aliphatic rings. The fraction of sp³-hybridized carbons (Fsp3) is 0.684. The van der Waals surface area contributed by atoms with Crippen LogP contribution in [0.15, 0.2) is 38.0 Å². The van der Waals surface area contributed by atoms with Gasteiger partial charge in [0.15, 0.2) is 0 Å². The summed E-state index contributed by atoms with van der Waals surface area (Å²) < 4.78 is 18.3. The molecule has 3 nitrogen and oxygen atoms in total. The SMILES string of the molecule is C=CCOC1CC2C3CC(OCC=C)(CC3OCC=C)C2C1. The van der Waals surface area contributed by atoms with Gasteiger partial charge in [-0.3, -0.25) is 0 Å². The number of hydrogen-bond acceptors (Lipinski definition) is 3. The minimum absolute atomic E-state index is 0.0261. The standard InChI is InChI=1S/C19H28O3/c1-4-7-20-14-10-15-16-12-19(17(15)11-14,22-9-6-3)13-18(16)21-8-5-2/h4-6,14-18H,1-3,7-13H2. The Morgan fingerprint density at radius 2 is 1.59 bits per heavy atom. The van der Waals surface area contributed by atoms with Crippen LogP contribution in [-0.2, 0) is 14.2 Å². The molecule has 0 heterocycles. The van der Waals surface area contributed by atoms with Gasteiger partial charge in [-0.1, -0.05) is 18.2 Å². The second-order valence-electron chi connectivity index (χ2n) is 6.88. The third-order valence-corrected chi connectivity index (χ3v) is 5.77. The first-order valence-electron chi connectivity index (χ1n) is 8.44. The van der Waals surface area contributed by atoms with Crippen molar-refractivity contribution in [1.29, 1.82) is 0 Å². The summed E-state index contributed by atoms with van der Waals surface area (Å²) in [5, 5.41) is 0. The summed E-state index contributed by atoms with van der Waals surface area (Å²) in [6.07, 6.45) is 10.6. The van der Waals surface area contributed by atoms with E-state index in [9.17, 15) is 0 Å². The van der Waals surface area contributed by atoms with E-state index >= 15 is 0 Å². The zero-order chi connectivity index (χ0) is 15.6. The second-order valence-corrected chi connectivity index (χ2v) is 6.88. The quantitative estimate of drug-likeness (QED) is 0.610. The first kappa shape index (κ1) is 16.0. The number of hydrogen-bond donors (Lipinski definition) is 0. The molecule has 3 aliphatic carbocycles. The zero-order valence-corrected chi connectivity index (χ0v) is 13.4. The number of rotatable bonds is 9. The summed E-state index contributed by atoms with van der Waals surface area (Å²) in [6, 6.07) is 0. The molecule has 0 aliphatic heterocycles. The second kappa shape index (κ2) is 6.69. The van der Waals surface area contributed by atoms with Gasteiger partial charge < -0.3 is 14.2 Å². The van der Waals surface area contributed by atoms with Crippen LogP contribution in [0.4, 0.5) is 0 Å². The van der Waals surface area contributed by atoms with E-state index in [4.69, 9.17) is 14.2 Å². The van der Waals surface area contributed by atoms with Gasteiger partial charge in [-0.2, -0.15) is 0 Å². The molecule has 3 heteroatoms. The topological polar surface area (TPSA) is 27.7 Å². The average molecular weight is 304 g/mol. The van der Waals surface area contributed by atoms with Crippen molar-refractivity contribution < 1.29 is 14.2 Å². The largest absolute Gasteiger partial charge is 0.374 e. The van der Waals surface area contributed by atoms with Gasteiger partial charge in [0.25, 0.3) is 0 Å². The Kier molecular flexibility index (Phi) is 4.86. The Bertz CT molecular complexity index is 432. The highest BCUT2D eigenvalue weighted by molar-refractivity contribution is 5.15. The number of fused-ring (bicyclic) bond motifs is 5. The Labute approximate surface area is 134 Å². The van der Waals surface area contributed by atoms with E-state index < -0.39 is 0 Å². The Hall–Kier alpha value is -0.900. The van der Waals surface area contributed by atoms with Crippen LogP contribution in [0.3, 0.4) is 0 Å². The van der Waals surface area contributed by atoms with Gasteiger partial charge >= 0.3 is 0 Å². The van der Waals surface area contributed by atoms with Gasteiger partial charge in [0.05, 0.1) is 37.6 Å². The predicted molar refractivity (Wildman–Crippen MR) is 87.7 cm³/mol. The van der Waals surface area contributed by atoms with Crippen LogP contribution in [0.1, 0.15) is 25.7 Å². The van der Waals surface area contributed by atoms with Crippen molar-refractivity contribution >= 4 is 0 Å². The minimum Gasteiger partial charge on any atom is -0.374 e. The maximum Gasteiger partial charge on any atom is 0.0747 e. The lowest BCUT2D eigenvalue weighted by molar-refractivity contribution is -0.0964. The molecule has 6 atom stereocenters.